The zero-order valence-electron chi connectivity index (χ0n) is 11.2. The summed E-state index contributed by atoms with van der Waals surface area (Å²) in [5.41, 5.74) is 2.43. The normalized spacial score (nSPS) is 14.9. The summed E-state index contributed by atoms with van der Waals surface area (Å²) in [4.78, 5) is 6.24. The lowest BCUT2D eigenvalue weighted by Gasteiger charge is -2.31. The molecule has 1 aromatic heterocycles. The van der Waals surface area contributed by atoms with Gasteiger partial charge in [-0.25, -0.2) is 18.5 Å². The van der Waals surface area contributed by atoms with E-state index in [9.17, 15) is 8.42 Å². The standard InChI is InChI=1S/C14H14BrN3O2S/c15-12-4-1-3-10-6-8-18(9-11(10)12)14-13(21(16,19)20)5-2-7-17-14/h1-5,7H,6,8-9H2,(H2,16,19,20). The summed E-state index contributed by atoms with van der Waals surface area (Å²) in [6.45, 7) is 1.32. The number of halogens is 1. The van der Waals surface area contributed by atoms with Gasteiger partial charge in [0.05, 0.1) is 0 Å². The fourth-order valence-electron chi connectivity index (χ4n) is 2.56. The highest BCUT2D eigenvalue weighted by Crippen LogP contribution is 2.30. The first-order valence-corrected chi connectivity index (χ1v) is 8.80. The lowest BCUT2D eigenvalue weighted by atomic mass is 10.00. The number of hydrogen-bond donors (Lipinski definition) is 1. The number of aromatic nitrogens is 1. The van der Waals surface area contributed by atoms with Gasteiger partial charge >= 0.3 is 0 Å². The second-order valence-corrected chi connectivity index (χ2v) is 7.30. The molecular weight excluding hydrogens is 354 g/mol. The number of nitrogens with two attached hydrogens (primary N) is 1. The van der Waals surface area contributed by atoms with Crippen molar-refractivity contribution < 1.29 is 8.42 Å². The average Bonchev–Trinajstić information content (AvgIpc) is 2.46. The molecule has 0 unspecified atom stereocenters. The topological polar surface area (TPSA) is 76.3 Å². The summed E-state index contributed by atoms with van der Waals surface area (Å²) >= 11 is 3.55. The molecule has 110 valence electrons. The smallest absolute Gasteiger partial charge is 0.241 e. The van der Waals surface area contributed by atoms with Crippen molar-refractivity contribution in [3.63, 3.8) is 0 Å². The van der Waals surface area contributed by atoms with Gasteiger partial charge in [-0.2, -0.15) is 0 Å². The van der Waals surface area contributed by atoms with E-state index in [2.05, 4.69) is 27.0 Å². The third-order valence-corrected chi connectivity index (χ3v) is 5.25. The highest BCUT2D eigenvalue weighted by molar-refractivity contribution is 9.10. The molecule has 0 atom stereocenters. The predicted octanol–water partition coefficient (Wildman–Crippen LogP) is 2.05. The Morgan fingerprint density at radius 2 is 2.05 bits per heavy atom. The Morgan fingerprint density at radius 3 is 2.81 bits per heavy atom. The van der Waals surface area contributed by atoms with E-state index in [0.717, 1.165) is 16.5 Å². The monoisotopic (exact) mass is 367 g/mol. The maximum Gasteiger partial charge on any atom is 0.241 e. The fraction of sp³-hybridized carbons (Fsp3) is 0.214. The van der Waals surface area contributed by atoms with Crippen LogP contribution in [0, 0.1) is 0 Å². The third-order valence-electron chi connectivity index (χ3n) is 3.57. The van der Waals surface area contributed by atoms with Crippen LogP contribution in [-0.2, 0) is 23.0 Å². The molecule has 0 amide bonds. The third kappa shape index (κ3) is 2.81. The van der Waals surface area contributed by atoms with E-state index in [-0.39, 0.29) is 4.90 Å². The number of rotatable bonds is 2. The van der Waals surface area contributed by atoms with E-state index in [0.29, 0.717) is 18.9 Å². The summed E-state index contributed by atoms with van der Waals surface area (Å²) < 4.78 is 24.4. The number of nitrogens with zero attached hydrogens (tertiary/aromatic N) is 2. The molecular formula is C14H14BrN3O2S. The molecule has 0 spiro atoms. The van der Waals surface area contributed by atoms with Crippen molar-refractivity contribution in [1.82, 2.24) is 4.98 Å². The molecule has 3 rings (SSSR count). The molecule has 0 fully saturated rings. The highest BCUT2D eigenvalue weighted by Gasteiger charge is 2.24. The van der Waals surface area contributed by atoms with Crippen LogP contribution in [0.2, 0.25) is 0 Å². The molecule has 21 heavy (non-hydrogen) atoms. The van der Waals surface area contributed by atoms with Crippen LogP contribution < -0.4 is 10.0 Å². The minimum atomic E-state index is -3.79. The van der Waals surface area contributed by atoms with Crippen molar-refractivity contribution in [3.05, 3.63) is 52.1 Å². The van der Waals surface area contributed by atoms with Crippen LogP contribution in [0.15, 0.2) is 45.9 Å². The van der Waals surface area contributed by atoms with Gasteiger partial charge in [-0.3, -0.25) is 0 Å². The van der Waals surface area contributed by atoms with Gasteiger partial charge in [0, 0.05) is 23.8 Å². The summed E-state index contributed by atoms with van der Waals surface area (Å²) in [6.07, 6.45) is 2.43. The second kappa shape index (κ2) is 5.40. The zero-order chi connectivity index (χ0) is 15.0. The van der Waals surface area contributed by atoms with Crippen LogP contribution in [0.1, 0.15) is 11.1 Å². The van der Waals surface area contributed by atoms with Crippen molar-refractivity contribution >= 4 is 31.8 Å². The Hall–Kier alpha value is -1.44. The quantitative estimate of drug-likeness (QED) is 0.880. The summed E-state index contributed by atoms with van der Waals surface area (Å²) in [7, 11) is -3.79. The van der Waals surface area contributed by atoms with Crippen LogP contribution in [0.3, 0.4) is 0 Å². The minimum Gasteiger partial charge on any atom is -0.351 e. The average molecular weight is 368 g/mol. The molecule has 2 N–H and O–H groups in total. The Kier molecular flexibility index (Phi) is 3.73. The number of sulfonamides is 1. The van der Waals surface area contributed by atoms with Gasteiger partial charge in [0.15, 0.2) is 0 Å². The molecule has 1 aromatic carbocycles. The molecule has 0 bridgehead atoms. The maximum absolute atomic E-state index is 11.7. The lowest BCUT2D eigenvalue weighted by molar-refractivity contribution is 0.596. The molecule has 2 aromatic rings. The Bertz CT molecular complexity index is 793. The molecule has 1 aliphatic heterocycles. The van der Waals surface area contributed by atoms with Crippen molar-refractivity contribution in [2.75, 3.05) is 11.4 Å². The number of hydrogen-bond acceptors (Lipinski definition) is 4. The van der Waals surface area contributed by atoms with Crippen molar-refractivity contribution in [2.45, 2.75) is 17.9 Å². The van der Waals surface area contributed by atoms with Crippen LogP contribution in [0.25, 0.3) is 0 Å². The Morgan fingerprint density at radius 1 is 1.24 bits per heavy atom. The van der Waals surface area contributed by atoms with Crippen LogP contribution in [0.5, 0.6) is 0 Å². The van der Waals surface area contributed by atoms with Crippen molar-refractivity contribution in [2.24, 2.45) is 5.14 Å². The summed E-state index contributed by atoms with van der Waals surface area (Å²) in [5, 5.41) is 5.29. The van der Waals surface area contributed by atoms with Gasteiger partial charge in [0.1, 0.15) is 10.7 Å². The van der Waals surface area contributed by atoms with Gasteiger partial charge in [-0.1, -0.05) is 28.1 Å². The first-order chi connectivity index (χ1) is 9.97. The minimum absolute atomic E-state index is 0.0699. The van der Waals surface area contributed by atoms with E-state index in [1.807, 2.05) is 17.0 Å². The first-order valence-electron chi connectivity index (χ1n) is 6.46. The van der Waals surface area contributed by atoms with Gasteiger partial charge in [-0.15, -0.1) is 0 Å². The molecule has 0 aliphatic carbocycles. The van der Waals surface area contributed by atoms with E-state index in [1.165, 1.54) is 11.6 Å². The van der Waals surface area contributed by atoms with E-state index >= 15 is 0 Å². The SMILES string of the molecule is NS(=O)(=O)c1cccnc1N1CCc2cccc(Br)c2C1. The van der Waals surface area contributed by atoms with Gasteiger partial charge in [0.25, 0.3) is 0 Å². The largest absolute Gasteiger partial charge is 0.351 e. The fourth-order valence-corrected chi connectivity index (χ4v) is 3.80. The lowest BCUT2D eigenvalue weighted by Crippen LogP contribution is -2.33. The number of pyridine rings is 1. The predicted molar refractivity (Wildman–Crippen MR) is 84.5 cm³/mol. The zero-order valence-corrected chi connectivity index (χ0v) is 13.6. The van der Waals surface area contributed by atoms with Crippen LogP contribution in [-0.4, -0.2) is 19.9 Å². The molecule has 2 heterocycles. The summed E-state index contributed by atoms with van der Waals surface area (Å²) in [5.74, 6) is 0.418. The number of benzene rings is 1. The van der Waals surface area contributed by atoms with Crippen LogP contribution in [0.4, 0.5) is 5.82 Å². The number of anilines is 1. The molecule has 0 saturated heterocycles. The summed E-state index contributed by atoms with van der Waals surface area (Å²) in [6, 6.07) is 9.16. The number of primary sulfonamides is 1. The van der Waals surface area contributed by atoms with Crippen molar-refractivity contribution in [3.8, 4) is 0 Å². The van der Waals surface area contributed by atoms with E-state index < -0.39 is 10.0 Å². The molecule has 5 nitrogen and oxygen atoms in total. The van der Waals surface area contributed by atoms with Crippen molar-refractivity contribution in [1.29, 1.82) is 0 Å². The molecule has 0 saturated carbocycles. The highest BCUT2D eigenvalue weighted by atomic mass is 79.9. The van der Waals surface area contributed by atoms with Gasteiger partial charge < -0.3 is 4.90 Å². The molecule has 0 radical (unpaired) electrons. The van der Waals surface area contributed by atoms with Gasteiger partial charge in [-0.05, 0) is 35.7 Å². The Labute approximate surface area is 132 Å². The Balaban J connectivity index is 2.03. The van der Waals surface area contributed by atoms with Gasteiger partial charge in [0.2, 0.25) is 10.0 Å². The maximum atomic E-state index is 11.7. The molecule has 7 heteroatoms. The molecule has 1 aliphatic rings. The van der Waals surface area contributed by atoms with E-state index in [1.54, 1.807) is 12.3 Å². The first kappa shape index (κ1) is 14.5. The second-order valence-electron chi connectivity index (χ2n) is 4.92. The van der Waals surface area contributed by atoms with E-state index in [4.69, 9.17) is 5.14 Å². The van der Waals surface area contributed by atoms with Crippen LogP contribution >= 0.6 is 15.9 Å². The number of fused-ring (bicyclic) bond motifs is 1.